The fourth-order valence-electron chi connectivity index (χ4n) is 2.26. The van der Waals surface area contributed by atoms with Crippen molar-refractivity contribution < 1.29 is 0 Å². The molecule has 0 radical (unpaired) electrons. The average molecular weight is 474 g/mol. The van der Waals surface area contributed by atoms with E-state index in [2.05, 4.69) is 30.9 Å². The molecule has 2 aromatic heterocycles. The minimum Gasteiger partial charge on any atom is -0.370 e. The van der Waals surface area contributed by atoms with Crippen molar-refractivity contribution in [3.8, 4) is 0 Å². The van der Waals surface area contributed by atoms with Gasteiger partial charge in [0.2, 0.25) is 0 Å². The predicted octanol–water partition coefficient (Wildman–Crippen LogP) is 3.33. The number of nitrogens with one attached hydrogen (secondary N) is 3. The third-order valence-corrected chi connectivity index (χ3v) is 4.58. The number of halogens is 1. The summed E-state index contributed by atoms with van der Waals surface area (Å²) in [5.74, 6) is 1.76. The Labute approximate surface area is 171 Å². The van der Waals surface area contributed by atoms with Crippen molar-refractivity contribution >= 4 is 47.1 Å². The summed E-state index contributed by atoms with van der Waals surface area (Å²) in [5, 5.41) is 11.1. The lowest BCUT2D eigenvalue weighted by Gasteiger charge is -2.11. The maximum absolute atomic E-state index is 4.44. The Kier molecular flexibility index (Phi) is 10.4. The van der Waals surface area contributed by atoms with Gasteiger partial charge in [-0.3, -0.25) is 4.99 Å². The molecule has 0 saturated carbocycles. The number of aliphatic imine (C=N–C) groups is 1. The highest BCUT2D eigenvalue weighted by Crippen LogP contribution is 2.16. The number of aromatic nitrogens is 2. The first-order valence-electron chi connectivity index (χ1n) is 8.21. The zero-order chi connectivity index (χ0) is 17.2. The molecule has 0 fully saturated rings. The van der Waals surface area contributed by atoms with Crippen molar-refractivity contribution in [2.75, 3.05) is 25.5 Å². The van der Waals surface area contributed by atoms with Gasteiger partial charge in [0.1, 0.15) is 5.82 Å². The van der Waals surface area contributed by atoms with Crippen molar-refractivity contribution in [1.82, 2.24) is 20.6 Å². The lowest BCUT2D eigenvalue weighted by atomic mass is 10.3. The lowest BCUT2D eigenvalue weighted by Crippen LogP contribution is -2.37. The summed E-state index contributed by atoms with van der Waals surface area (Å²) in [6, 6.07) is 5.88. The van der Waals surface area contributed by atoms with Gasteiger partial charge in [0.05, 0.1) is 17.2 Å². The molecule has 0 aliphatic rings. The lowest BCUT2D eigenvalue weighted by molar-refractivity contribution is 0.712. The van der Waals surface area contributed by atoms with Gasteiger partial charge in [-0.2, -0.15) is 0 Å². The summed E-state index contributed by atoms with van der Waals surface area (Å²) in [5.41, 5.74) is 1.10. The van der Waals surface area contributed by atoms with Crippen LogP contribution in [0.4, 0.5) is 5.82 Å². The zero-order valence-corrected chi connectivity index (χ0v) is 18.1. The second-order valence-corrected chi connectivity index (χ2v) is 6.73. The van der Waals surface area contributed by atoms with Gasteiger partial charge < -0.3 is 16.0 Å². The van der Waals surface area contributed by atoms with E-state index in [1.54, 1.807) is 24.6 Å². The summed E-state index contributed by atoms with van der Waals surface area (Å²) >= 11 is 1.73. The quantitative estimate of drug-likeness (QED) is 0.237. The standard InChI is InChI=1S/C17H26N6S.HI/c1-13-15(24-14(2)23-13)12-22-17(18-3)21-11-7-6-10-20-16-8-4-5-9-19-16;/h4-5,8-9H,6-7,10-12H2,1-3H3,(H,19,20)(H2,18,21,22);1H. The Morgan fingerprint density at radius 2 is 1.96 bits per heavy atom. The molecule has 0 unspecified atom stereocenters. The van der Waals surface area contributed by atoms with Gasteiger partial charge in [0, 0.05) is 31.2 Å². The highest BCUT2D eigenvalue weighted by Gasteiger charge is 2.05. The summed E-state index contributed by atoms with van der Waals surface area (Å²) in [7, 11) is 1.79. The number of pyridine rings is 1. The predicted molar refractivity (Wildman–Crippen MR) is 117 cm³/mol. The SMILES string of the molecule is CN=C(NCCCCNc1ccccn1)NCc1sc(C)nc1C.I. The molecule has 0 atom stereocenters. The van der Waals surface area contributed by atoms with E-state index in [4.69, 9.17) is 0 Å². The largest absolute Gasteiger partial charge is 0.370 e. The van der Waals surface area contributed by atoms with E-state index in [9.17, 15) is 0 Å². The monoisotopic (exact) mass is 474 g/mol. The molecular weight excluding hydrogens is 447 g/mol. The molecule has 25 heavy (non-hydrogen) atoms. The molecule has 0 spiro atoms. The number of aryl methyl sites for hydroxylation is 2. The molecular formula is C17H27IN6S. The van der Waals surface area contributed by atoms with E-state index in [-0.39, 0.29) is 24.0 Å². The topological polar surface area (TPSA) is 74.2 Å². The fourth-order valence-corrected chi connectivity index (χ4v) is 3.14. The van der Waals surface area contributed by atoms with E-state index in [1.165, 1.54) is 4.88 Å². The first kappa shape index (κ1) is 21.6. The Balaban J connectivity index is 0.00000312. The fraction of sp³-hybridized carbons (Fsp3) is 0.471. The normalized spacial score (nSPS) is 10.9. The van der Waals surface area contributed by atoms with Crippen LogP contribution in [0.15, 0.2) is 29.4 Å². The Bertz CT molecular complexity index is 644. The molecule has 0 saturated heterocycles. The van der Waals surface area contributed by atoms with E-state index in [1.807, 2.05) is 32.0 Å². The van der Waals surface area contributed by atoms with Gasteiger partial charge in [-0.1, -0.05) is 6.07 Å². The molecule has 0 amide bonds. The van der Waals surface area contributed by atoms with Crippen LogP contribution in [0.5, 0.6) is 0 Å². The van der Waals surface area contributed by atoms with Crippen molar-refractivity contribution in [2.24, 2.45) is 4.99 Å². The van der Waals surface area contributed by atoms with Crippen molar-refractivity contribution in [3.63, 3.8) is 0 Å². The van der Waals surface area contributed by atoms with Crippen molar-refractivity contribution in [2.45, 2.75) is 33.2 Å². The highest BCUT2D eigenvalue weighted by molar-refractivity contribution is 14.0. The molecule has 2 aromatic rings. The number of hydrogen-bond acceptors (Lipinski definition) is 5. The van der Waals surface area contributed by atoms with Crippen LogP contribution in [-0.4, -0.2) is 36.1 Å². The minimum absolute atomic E-state index is 0. The Morgan fingerprint density at radius 1 is 1.16 bits per heavy atom. The van der Waals surface area contributed by atoms with Crippen molar-refractivity contribution in [3.05, 3.63) is 40.0 Å². The van der Waals surface area contributed by atoms with Crippen LogP contribution in [0.25, 0.3) is 0 Å². The number of anilines is 1. The second kappa shape index (κ2) is 12.0. The van der Waals surface area contributed by atoms with Crippen LogP contribution >= 0.6 is 35.3 Å². The first-order chi connectivity index (χ1) is 11.7. The first-order valence-corrected chi connectivity index (χ1v) is 9.03. The van der Waals surface area contributed by atoms with Gasteiger partial charge in [0.15, 0.2) is 5.96 Å². The third-order valence-electron chi connectivity index (χ3n) is 3.51. The number of rotatable bonds is 8. The van der Waals surface area contributed by atoms with Crippen LogP contribution in [0, 0.1) is 13.8 Å². The number of thiazole rings is 1. The maximum atomic E-state index is 4.44. The van der Waals surface area contributed by atoms with Crippen LogP contribution in [-0.2, 0) is 6.54 Å². The van der Waals surface area contributed by atoms with Gasteiger partial charge in [0.25, 0.3) is 0 Å². The smallest absolute Gasteiger partial charge is 0.191 e. The number of guanidine groups is 1. The van der Waals surface area contributed by atoms with Crippen LogP contribution in [0.2, 0.25) is 0 Å². The van der Waals surface area contributed by atoms with E-state index in [0.717, 1.165) is 55.0 Å². The molecule has 0 bridgehead atoms. The molecule has 0 aromatic carbocycles. The second-order valence-electron chi connectivity index (χ2n) is 5.44. The van der Waals surface area contributed by atoms with Gasteiger partial charge in [-0.25, -0.2) is 9.97 Å². The summed E-state index contributed by atoms with van der Waals surface area (Å²) in [6.07, 6.45) is 3.94. The number of unbranched alkanes of at least 4 members (excludes halogenated alkanes) is 1. The molecule has 6 nitrogen and oxygen atoms in total. The van der Waals surface area contributed by atoms with Crippen LogP contribution in [0.3, 0.4) is 0 Å². The maximum Gasteiger partial charge on any atom is 0.191 e. The van der Waals surface area contributed by atoms with Gasteiger partial charge >= 0.3 is 0 Å². The Morgan fingerprint density at radius 3 is 2.60 bits per heavy atom. The van der Waals surface area contributed by atoms with Crippen molar-refractivity contribution in [1.29, 1.82) is 0 Å². The van der Waals surface area contributed by atoms with E-state index >= 15 is 0 Å². The average Bonchev–Trinajstić information content (AvgIpc) is 2.92. The molecule has 138 valence electrons. The van der Waals surface area contributed by atoms with Gasteiger partial charge in [-0.05, 0) is 38.8 Å². The summed E-state index contributed by atoms with van der Waals surface area (Å²) in [6.45, 7) is 6.66. The zero-order valence-electron chi connectivity index (χ0n) is 15.0. The molecule has 8 heteroatoms. The Hall–Kier alpha value is -1.42. The summed E-state index contributed by atoms with van der Waals surface area (Å²) < 4.78 is 0. The molecule has 3 N–H and O–H groups in total. The number of hydrogen-bond donors (Lipinski definition) is 3. The molecule has 0 aliphatic heterocycles. The molecule has 2 rings (SSSR count). The minimum atomic E-state index is 0. The third kappa shape index (κ3) is 8.00. The molecule has 2 heterocycles. The van der Waals surface area contributed by atoms with Crippen LogP contribution < -0.4 is 16.0 Å². The van der Waals surface area contributed by atoms with Gasteiger partial charge in [-0.15, -0.1) is 35.3 Å². The van der Waals surface area contributed by atoms with Crippen LogP contribution in [0.1, 0.15) is 28.4 Å². The molecule has 0 aliphatic carbocycles. The van der Waals surface area contributed by atoms with E-state index in [0.29, 0.717) is 0 Å². The summed E-state index contributed by atoms with van der Waals surface area (Å²) in [4.78, 5) is 14.2. The highest BCUT2D eigenvalue weighted by atomic mass is 127. The van der Waals surface area contributed by atoms with E-state index < -0.39 is 0 Å². The number of nitrogens with zero attached hydrogens (tertiary/aromatic N) is 3.